The summed E-state index contributed by atoms with van der Waals surface area (Å²) in [7, 11) is 1.92. The van der Waals surface area contributed by atoms with Crippen LogP contribution in [0, 0.1) is 11.8 Å². The van der Waals surface area contributed by atoms with Gasteiger partial charge in [0.1, 0.15) is 0 Å². The Morgan fingerprint density at radius 3 is 2.67 bits per heavy atom. The van der Waals surface area contributed by atoms with Crippen molar-refractivity contribution in [2.45, 2.75) is 19.8 Å². The maximum Gasteiger partial charge on any atom is 0.223 e. The van der Waals surface area contributed by atoms with Crippen LogP contribution < -0.4 is 10.6 Å². The lowest BCUT2D eigenvalue weighted by Crippen LogP contribution is -2.28. The van der Waals surface area contributed by atoms with Crippen LogP contribution in [0.15, 0.2) is 0 Å². The number of carbonyl (C=O) groups excluding carboxylic acids is 1. The average Bonchev–Trinajstić information content (AvgIpc) is 2.76. The predicted molar refractivity (Wildman–Crippen MR) is 48.8 cm³/mol. The molecule has 1 aliphatic carbocycles. The van der Waals surface area contributed by atoms with Crippen molar-refractivity contribution in [2.24, 2.45) is 11.8 Å². The van der Waals surface area contributed by atoms with E-state index in [9.17, 15) is 4.79 Å². The first-order valence-corrected chi connectivity index (χ1v) is 4.68. The summed E-state index contributed by atoms with van der Waals surface area (Å²) in [6.45, 7) is 3.90. The molecule has 0 aromatic carbocycles. The molecule has 0 spiro atoms. The van der Waals surface area contributed by atoms with Crippen molar-refractivity contribution in [3.63, 3.8) is 0 Å². The number of rotatable bonds is 5. The minimum absolute atomic E-state index is 0.249. The smallest absolute Gasteiger partial charge is 0.223 e. The molecular formula is C9H18N2O. The molecule has 70 valence electrons. The third-order valence-corrected chi connectivity index (χ3v) is 2.35. The van der Waals surface area contributed by atoms with Gasteiger partial charge in [0.05, 0.1) is 0 Å². The van der Waals surface area contributed by atoms with Crippen LogP contribution in [0.25, 0.3) is 0 Å². The Balaban J connectivity index is 1.96. The molecule has 12 heavy (non-hydrogen) atoms. The Labute approximate surface area is 73.9 Å². The average molecular weight is 170 g/mol. The van der Waals surface area contributed by atoms with Gasteiger partial charge in [0.15, 0.2) is 0 Å². The van der Waals surface area contributed by atoms with Gasteiger partial charge >= 0.3 is 0 Å². The van der Waals surface area contributed by atoms with E-state index < -0.39 is 0 Å². The number of carbonyl (C=O) groups is 1. The highest BCUT2D eigenvalue weighted by Gasteiger charge is 2.38. The molecule has 0 radical (unpaired) electrons. The van der Waals surface area contributed by atoms with Crippen LogP contribution in [0.4, 0.5) is 0 Å². The molecule has 0 heterocycles. The fourth-order valence-corrected chi connectivity index (χ4v) is 1.30. The fourth-order valence-electron chi connectivity index (χ4n) is 1.30. The Morgan fingerprint density at radius 1 is 1.50 bits per heavy atom. The first-order chi connectivity index (χ1) is 5.75. The minimum Gasteiger partial charge on any atom is -0.356 e. The van der Waals surface area contributed by atoms with Crippen LogP contribution in [0.1, 0.15) is 19.8 Å². The molecule has 1 fully saturated rings. The van der Waals surface area contributed by atoms with Crippen molar-refractivity contribution in [1.82, 2.24) is 10.6 Å². The molecule has 0 aromatic heterocycles. The largest absolute Gasteiger partial charge is 0.356 e. The van der Waals surface area contributed by atoms with Crippen LogP contribution in [-0.4, -0.2) is 26.0 Å². The molecule has 0 aromatic rings. The number of nitrogens with one attached hydrogen (secondary N) is 2. The van der Waals surface area contributed by atoms with Gasteiger partial charge in [0.2, 0.25) is 5.91 Å². The van der Waals surface area contributed by atoms with E-state index in [-0.39, 0.29) is 5.91 Å². The molecule has 0 saturated heterocycles. The van der Waals surface area contributed by atoms with Crippen LogP contribution in [0.5, 0.6) is 0 Å². The molecular weight excluding hydrogens is 152 g/mol. The summed E-state index contributed by atoms with van der Waals surface area (Å²) in [6, 6.07) is 0. The molecule has 0 aliphatic heterocycles. The van der Waals surface area contributed by atoms with E-state index in [1.807, 2.05) is 7.05 Å². The third kappa shape index (κ3) is 2.81. The van der Waals surface area contributed by atoms with E-state index in [0.29, 0.717) is 11.8 Å². The van der Waals surface area contributed by atoms with Crippen molar-refractivity contribution in [2.75, 3.05) is 20.1 Å². The highest BCUT2D eigenvalue weighted by molar-refractivity contribution is 5.81. The van der Waals surface area contributed by atoms with Gasteiger partial charge in [-0.3, -0.25) is 4.79 Å². The van der Waals surface area contributed by atoms with E-state index >= 15 is 0 Å². The summed E-state index contributed by atoms with van der Waals surface area (Å²) >= 11 is 0. The van der Waals surface area contributed by atoms with E-state index in [1.165, 1.54) is 0 Å². The Bertz CT molecular complexity index is 159. The summed E-state index contributed by atoms with van der Waals surface area (Å²) in [4.78, 5) is 11.2. The Morgan fingerprint density at radius 2 is 2.17 bits per heavy atom. The SMILES string of the molecule is CNCCCNC(=O)C1CC1C. The summed E-state index contributed by atoms with van der Waals surface area (Å²) in [5, 5.41) is 5.97. The van der Waals surface area contributed by atoms with E-state index in [4.69, 9.17) is 0 Å². The van der Waals surface area contributed by atoms with Gasteiger partial charge < -0.3 is 10.6 Å². The van der Waals surface area contributed by atoms with Crippen LogP contribution in [0.2, 0.25) is 0 Å². The van der Waals surface area contributed by atoms with Gasteiger partial charge in [0, 0.05) is 12.5 Å². The van der Waals surface area contributed by atoms with Crippen molar-refractivity contribution < 1.29 is 4.79 Å². The summed E-state index contributed by atoms with van der Waals surface area (Å²) < 4.78 is 0. The lowest BCUT2D eigenvalue weighted by Gasteiger charge is -2.03. The van der Waals surface area contributed by atoms with Gasteiger partial charge in [-0.1, -0.05) is 6.92 Å². The predicted octanol–water partition coefficient (Wildman–Crippen LogP) is 0.368. The maximum absolute atomic E-state index is 11.2. The van der Waals surface area contributed by atoms with Crippen LogP contribution in [0.3, 0.4) is 0 Å². The van der Waals surface area contributed by atoms with Crippen molar-refractivity contribution in [3.05, 3.63) is 0 Å². The molecule has 3 nitrogen and oxygen atoms in total. The topological polar surface area (TPSA) is 41.1 Å². The molecule has 1 amide bonds. The monoisotopic (exact) mass is 170 g/mol. The summed E-state index contributed by atoms with van der Waals surface area (Å²) in [5.74, 6) is 1.19. The lowest BCUT2D eigenvalue weighted by atomic mass is 10.3. The van der Waals surface area contributed by atoms with Gasteiger partial charge in [-0.15, -0.1) is 0 Å². The molecule has 1 aliphatic rings. The van der Waals surface area contributed by atoms with E-state index in [0.717, 1.165) is 25.9 Å². The fraction of sp³-hybridized carbons (Fsp3) is 0.889. The van der Waals surface area contributed by atoms with E-state index in [1.54, 1.807) is 0 Å². The standard InChI is InChI=1S/C9H18N2O/c1-7-6-8(7)9(12)11-5-3-4-10-2/h7-8,10H,3-6H2,1-2H3,(H,11,12). The highest BCUT2D eigenvalue weighted by atomic mass is 16.2. The van der Waals surface area contributed by atoms with Gasteiger partial charge in [-0.25, -0.2) is 0 Å². The van der Waals surface area contributed by atoms with Crippen molar-refractivity contribution >= 4 is 5.91 Å². The summed E-state index contributed by atoms with van der Waals surface area (Å²) in [5.41, 5.74) is 0. The van der Waals surface area contributed by atoms with Gasteiger partial charge in [-0.05, 0) is 32.4 Å². The molecule has 3 heteroatoms. The normalized spacial score (nSPS) is 26.8. The molecule has 0 bridgehead atoms. The van der Waals surface area contributed by atoms with E-state index in [2.05, 4.69) is 17.6 Å². The zero-order valence-electron chi connectivity index (χ0n) is 7.89. The van der Waals surface area contributed by atoms with Gasteiger partial charge in [-0.2, -0.15) is 0 Å². The maximum atomic E-state index is 11.2. The first-order valence-electron chi connectivity index (χ1n) is 4.68. The zero-order valence-corrected chi connectivity index (χ0v) is 7.89. The zero-order chi connectivity index (χ0) is 8.97. The quantitative estimate of drug-likeness (QED) is 0.585. The second-order valence-corrected chi connectivity index (χ2v) is 3.57. The number of amides is 1. The van der Waals surface area contributed by atoms with Crippen molar-refractivity contribution in [3.8, 4) is 0 Å². The molecule has 2 atom stereocenters. The number of hydrogen-bond donors (Lipinski definition) is 2. The Kier molecular flexibility index (Phi) is 3.53. The third-order valence-electron chi connectivity index (χ3n) is 2.35. The van der Waals surface area contributed by atoms with Crippen LogP contribution in [-0.2, 0) is 4.79 Å². The lowest BCUT2D eigenvalue weighted by molar-refractivity contribution is -0.122. The minimum atomic E-state index is 0.249. The highest BCUT2D eigenvalue weighted by Crippen LogP contribution is 2.37. The Hall–Kier alpha value is -0.570. The van der Waals surface area contributed by atoms with Gasteiger partial charge in [0.25, 0.3) is 0 Å². The molecule has 1 rings (SSSR count). The number of hydrogen-bond acceptors (Lipinski definition) is 2. The first kappa shape index (κ1) is 9.52. The van der Waals surface area contributed by atoms with Crippen molar-refractivity contribution in [1.29, 1.82) is 0 Å². The second-order valence-electron chi connectivity index (χ2n) is 3.57. The molecule has 1 saturated carbocycles. The molecule has 2 unspecified atom stereocenters. The molecule has 2 N–H and O–H groups in total. The summed E-state index contributed by atoms with van der Waals surface area (Å²) in [6.07, 6.45) is 2.10. The van der Waals surface area contributed by atoms with Crippen LogP contribution >= 0.6 is 0 Å². The second kappa shape index (κ2) is 4.45.